The van der Waals surface area contributed by atoms with Gasteiger partial charge in [0, 0.05) is 29.3 Å². The Morgan fingerprint density at radius 2 is 1.93 bits per heavy atom. The number of pyridine rings is 1. The SMILES string of the molecule is N#CCc1ccccc1Oc1cncc(-c2ccc3c(=O)[nH]nc(CN)c3c2)c1. The van der Waals surface area contributed by atoms with Crippen LogP contribution in [0.15, 0.2) is 65.7 Å². The fourth-order valence-corrected chi connectivity index (χ4v) is 3.15. The Balaban J connectivity index is 1.73. The molecule has 0 saturated heterocycles. The van der Waals surface area contributed by atoms with Gasteiger partial charge in [-0.25, -0.2) is 5.10 Å². The van der Waals surface area contributed by atoms with E-state index in [1.807, 2.05) is 42.5 Å². The van der Waals surface area contributed by atoms with Gasteiger partial charge in [-0.3, -0.25) is 9.78 Å². The topological polar surface area (TPSA) is 118 Å². The van der Waals surface area contributed by atoms with Crippen LogP contribution in [0.1, 0.15) is 11.3 Å². The highest BCUT2D eigenvalue weighted by Crippen LogP contribution is 2.30. The number of aromatic nitrogens is 3. The molecule has 0 aliphatic rings. The molecule has 0 unspecified atom stereocenters. The van der Waals surface area contributed by atoms with E-state index in [2.05, 4.69) is 21.3 Å². The summed E-state index contributed by atoms with van der Waals surface area (Å²) >= 11 is 0. The average Bonchev–Trinajstić information content (AvgIpc) is 2.76. The number of nitriles is 1. The summed E-state index contributed by atoms with van der Waals surface area (Å²) in [6.07, 6.45) is 3.60. The lowest BCUT2D eigenvalue weighted by atomic mass is 10.0. The monoisotopic (exact) mass is 383 g/mol. The molecular formula is C22H17N5O2. The maximum Gasteiger partial charge on any atom is 0.272 e. The molecule has 0 radical (unpaired) electrons. The Kier molecular flexibility index (Phi) is 5.01. The van der Waals surface area contributed by atoms with Gasteiger partial charge in [0.05, 0.1) is 29.8 Å². The van der Waals surface area contributed by atoms with Crippen LogP contribution >= 0.6 is 0 Å². The maximum atomic E-state index is 12.0. The van der Waals surface area contributed by atoms with Gasteiger partial charge in [0.1, 0.15) is 11.5 Å². The summed E-state index contributed by atoms with van der Waals surface area (Å²) in [5.74, 6) is 1.17. The third-order valence-corrected chi connectivity index (χ3v) is 4.58. The van der Waals surface area contributed by atoms with Gasteiger partial charge < -0.3 is 10.5 Å². The molecule has 0 spiro atoms. The average molecular weight is 383 g/mol. The second-order valence-corrected chi connectivity index (χ2v) is 6.42. The Morgan fingerprint density at radius 3 is 2.76 bits per heavy atom. The van der Waals surface area contributed by atoms with Crippen LogP contribution in [0.2, 0.25) is 0 Å². The Hall–Kier alpha value is -4.02. The highest BCUT2D eigenvalue weighted by molar-refractivity contribution is 5.88. The molecule has 2 aromatic heterocycles. The first kappa shape index (κ1) is 18.3. The van der Waals surface area contributed by atoms with E-state index in [9.17, 15) is 4.79 Å². The van der Waals surface area contributed by atoms with Gasteiger partial charge in [-0.15, -0.1) is 0 Å². The summed E-state index contributed by atoms with van der Waals surface area (Å²) in [5.41, 5.74) is 8.62. The van der Waals surface area contributed by atoms with Gasteiger partial charge in [0.15, 0.2) is 0 Å². The molecule has 0 aliphatic heterocycles. The highest BCUT2D eigenvalue weighted by atomic mass is 16.5. The van der Waals surface area contributed by atoms with E-state index in [1.54, 1.807) is 18.5 Å². The predicted octanol–water partition coefficient (Wildman–Crippen LogP) is 3.30. The summed E-state index contributed by atoms with van der Waals surface area (Å²) in [6, 6.07) is 16.9. The lowest BCUT2D eigenvalue weighted by Gasteiger charge is -2.11. The van der Waals surface area contributed by atoms with E-state index < -0.39 is 0 Å². The van der Waals surface area contributed by atoms with Crippen molar-refractivity contribution in [1.82, 2.24) is 15.2 Å². The third-order valence-electron chi connectivity index (χ3n) is 4.58. The van der Waals surface area contributed by atoms with Crippen LogP contribution < -0.4 is 16.0 Å². The summed E-state index contributed by atoms with van der Waals surface area (Å²) in [5, 5.41) is 16.7. The minimum absolute atomic E-state index is 0.216. The molecule has 0 saturated carbocycles. The molecule has 7 heteroatoms. The van der Waals surface area contributed by atoms with E-state index in [0.29, 0.717) is 28.0 Å². The zero-order valence-electron chi connectivity index (χ0n) is 15.4. The molecule has 0 aliphatic carbocycles. The molecule has 0 bridgehead atoms. The van der Waals surface area contributed by atoms with Crippen LogP contribution in [0.5, 0.6) is 11.5 Å². The Labute approximate surface area is 166 Å². The lowest BCUT2D eigenvalue weighted by Crippen LogP contribution is -2.13. The molecule has 142 valence electrons. The van der Waals surface area contributed by atoms with Crippen molar-refractivity contribution >= 4 is 10.8 Å². The third kappa shape index (κ3) is 3.70. The number of para-hydroxylation sites is 1. The molecule has 7 nitrogen and oxygen atoms in total. The van der Waals surface area contributed by atoms with Crippen molar-refractivity contribution in [3.63, 3.8) is 0 Å². The number of ether oxygens (including phenoxy) is 1. The van der Waals surface area contributed by atoms with Gasteiger partial charge in [-0.2, -0.15) is 10.4 Å². The standard InChI is InChI=1S/C22H17N5O2/c23-8-7-14-3-1-2-4-21(14)29-17-9-16(12-25-13-17)15-5-6-18-19(10-15)20(11-24)26-27-22(18)28/h1-6,9-10,12-13H,7,11,24H2,(H,27,28). The number of aromatic amines is 1. The van der Waals surface area contributed by atoms with E-state index in [0.717, 1.165) is 16.7 Å². The van der Waals surface area contributed by atoms with Gasteiger partial charge in [-0.1, -0.05) is 24.3 Å². The Bertz CT molecular complexity index is 1290. The van der Waals surface area contributed by atoms with Gasteiger partial charge in [-0.05, 0) is 29.8 Å². The van der Waals surface area contributed by atoms with Crippen LogP contribution in [0, 0.1) is 11.3 Å². The second-order valence-electron chi connectivity index (χ2n) is 6.42. The number of hydrogen-bond donors (Lipinski definition) is 2. The molecule has 4 rings (SSSR count). The van der Waals surface area contributed by atoms with Crippen molar-refractivity contribution in [3.05, 3.63) is 82.5 Å². The highest BCUT2D eigenvalue weighted by Gasteiger charge is 2.10. The number of benzene rings is 2. The van der Waals surface area contributed by atoms with Crippen molar-refractivity contribution < 1.29 is 4.74 Å². The molecule has 2 heterocycles. The van der Waals surface area contributed by atoms with Gasteiger partial charge in [0.25, 0.3) is 5.56 Å². The normalized spacial score (nSPS) is 10.6. The lowest BCUT2D eigenvalue weighted by molar-refractivity contribution is 0.475. The minimum Gasteiger partial charge on any atom is -0.455 e. The molecule has 3 N–H and O–H groups in total. The second kappa shape index (κ2) is 7.92. The summed E-state index contributed by atoms with van der Waals surface area (Å²) in [7, 11) is 0. The molecule has 0 amide bonds. The minimum atomic E-state index is -0.256. The van der Waals surface area contributed by atoms with Crippen LogP contribution in [0.4, 0.5) is 0 Å². The number of fused-ring (bicyclic) bond motifs is 1. The first-order chi connectivity index (χ1) is 14.2. The van der Waals surface area contributed by atoms with E-state index >= 15 is 0 Å². The molecule has 4 aromatic rings. The molecular weight excluding hydrogens is 366 g/mol. The van der Waals surface area contributed by atoms with E-state index in [4.69, 9.17) is 15.7 Å². The summed E-state index contributed by atoms with van der Waals surface area (Å²) in [6.45, 7) is 0.216. The fraction of sp³-hybridized carbons (Fsp3) is 0.0909. The quantitative estimate of drug-likeness (QED) is 0.546. The van der Waals surface area contributed by atoms with Crippen LogP contribution in [-0.4, -0.2) is 15.2 Å². The van der Waals surface area contributed by atoms with E-state index in [1.165, 1.54) is 0 Å². The molecule has 0 atom stereocenters. The number of nitrogens with zero attached hydrogens (tertiary/aromatic N) is 3. The largest absolute Gasteiger partial charge is 0.455 e. The summed E-state index contributed by atoms with van der Waals surface area (Å²) < 4.78 is 5.97. The number of H-pyrrole nitrogens is 1. The van der Waals surface area contributed by atoms with Gasteiger partial charge >= 0.3 is 0 Å². The van der Waals surface area contributed by atoms with Crippen molar-refractivity contribution in [3.8, 4) is 28.7 Å². The Morgan fingerprint density at radius 1 is 1.07 bits per heavy atom. The molecule has 2 aromatic carbocycles. The first-order valence-electron chi connectivity index (χ1n) is 8.99. The molecule has 29 heavy (non-hydrogen) atoms. The van der Waals surface area contributed by atoms with E-state index in [-0.39, 0.29) is 18.5 Å². The zero-order chi connectivity index (χ0) is 20.2. The summed E-state index contributed by atoms with van der Waals surface area (Å²) in [4.78, 5) is 16.3. The first-order valence-corrected chi connectivity index (χ1v) is 8.99. The number of rotatable bonds is 5. The zero-order valence-corrected chi connectivity index (χ0v) is 15.4. The number of nitrogens with two attached hydrogens (primary N) is 1. The van der Waals surface area contributed by atoms with Gasteiger partial charge in [0.2, 0.25) is 0 Å². The fourth-order valence-electron chi connectivity index (χ4n) is 3.15. The van der Waals surface area contributed by atoms with Crippen molar-refractivity contribution in [2.75, 3.05) is 0 Å². The van der Waals surface area contributed by atoms with Crippen LogP contribution in [-0.2, 0) is 13.0 Å². The van der Waals surface area contributed by atoms with Crippen molar-refractivity contribution in [2.24, 2.45) is 5.73 Å². The number of nitrogens with one attached hydrogen (secondary N) is 1. The smallest absolute Gasteiger partial charge is 0.272 e. The van der Waals surface area contributed by atoms with Crippen molar-refractivity contribution in [2.45, 2.75) is 13.0 Å². The number of hydrogen-bond acceptors (Lipinski definition) is 6. The van der Waals surface area contributed by atoms with Crippen molar-refractivity contribution in [1.29, 1.82) is 5.26 Å². The maximum absolute atomic E-state index is 12.0. The molecule has 0 fully saturated rings. The van der Waals surface area contributed by atoms with Crippen LogP contribution in [0.25, 0.3) is 21.9 Å². The predicted molar refractivity (Wildman–Crippen MR) is 109 cm³/mol. The van der Waals surface area contributed by atoms with Crippen LogP contribution in [0.3, 0.4) is 0 Å².